The van der Waals surface area contributed by atoms with Gasteiger partial charge in [0.25, 0.3) is 5.91 Å². The van der Waals surface area contributed by atoms with E-state index in [2.05, 4.69) is 0 Å². The first-order chi connectivity index (χ1) is 8.84. The lowest BCUT2D eigenvalue weighted by atomic mass is 9.80. The summed E-state index contributed by atoms with van der Waals surface area (Å²) in [4.78, 5) is 25.1. The highest BCUT2D eigenvalue weighted by molar-refractivity contribution is 5.88. The molecule has 1 aliphatic heterocycles. The molecule has 5 heteroatoms. The van der Waals surface area contributed by atoms with Crippen molar-refractivity contribution in [3.63, 3.8) is 0 Å². The number of fused-ring (bicyclic) bond motifs is 1. The van der Waals surface area contributed by atoms with Crippen LogP contribution in [0.15, 0.2) is 0 Å². The molecule has 2 N–H and O–H groups in total. The van der Waals surface area contributed by atoms with E-state index >= 15 is 0 Å². The molecule has 0 radical (unpaired) electrons. The second-order valence-corrected chi connectivity index (χ2v) is 6.93. The van der Waals surface area contributed by atoms with Crippen molar-refractivity contribution in [1.82, 2.24) is 4.90 Å². The number of aliphatic carboxylic acids is 1. The third kappa shape index (κ3) is 1.95. The molecular weight excluding hydrogens is 246 g/mol. The van der Waals surface area contributed by atoms with Crippen molar-refractivity contribution in [3.05, 3.63) is 0 Å². The molecule has 4 atom stereocenters. The fourth-order valence-electron chi connectivity index (χ4n) is 3.53. The van der Waals surface area contributed by atoms with Crippen LogP contribution in [-0.2, 0) is 9.59 Å². The maximum absolute atomic E-state index is 12.4. The van der Waals surface area contributed by atoms with Gasteiger partial charge in [-0.05, 0) is 37.0 Å². The van der Waals surface area contributed by atoms with Gasteiger partial charge in [-0.15, -0.1) is 0 Å². The number of nitrogens with zero attached hydrogens (tertiary/aromatic N) is 1. The lowest BCUT2D eigenvalue weighted by molar-refractivity contribution is -0.157. The molecule has 1 saturated heterocycles. The zero-order chi connectivity index (χ0) is 13.9. The van der Waals surface area contributed by atoms with E-state index in [9.17, 15) is 19.8 Å². The normalized spacial score (nSPS) is 34.9. The molecule has 2 saturated carbocycles. The van der Waals surface area contributed by atoms with Crippen molar-refractivity contribution in [2.45, 2.75) is 45.3 Å². The first-order valence-corrected chi connectivity index (χ1v) is 7.05. The molecule has 3 rings (SSSR count). The maximum atomic E-state index is 12.4. The third-order valence-electron chi connectivity index (χ3n) is 5.25. The largest absolute Gasteiger partial charge is 0.480 e. The average molecular weight is 267 g/mol. The molecule has 2 aliphatic carbocycles. The van der Waals surface area contributed by atoms with Crippen molar-refractivity contribution in [2.75, 3.05) is 6.54 Å². The summed E-state index contributed by atoms with van der Waals surface area (Å²) in [5, 5.41) is 19.6. The minimum absolute atomic E-state index is 0.109. The summed E-state index contributed by atoms with van der Waals surface area (Å²) >= 11 is 0. The van der Waals surface area contributed by atoms with Gasteiger partial charge in [0.1, 0.15) is 12.1 Å². The van der Waals surface area contributed by atoms with Crippen LogP contribution in [0, 0.1) is 23.2 Å². The molecule has 106 valence electrons. The van der Waals surface area contributed by atoms with Gasteiger partial charge in [-0.2, -0.15) is 0 Å². The van der Waals surface area contributed by atoms with Gasteiger partial charge >= 0.3 is 5.97 Å². The first-order valence-electron chi connectivity index (χ1n) is 7.05. The summed E-state index contributed by atoms with van der Waals surface area (Å²) in [5.74, 6) is -0.503. The monoisotopic (exact) mass is 267 g/mol. The molecule has 5 nitrogen and oxygen atoms in total. The van der Waals surface area contributed by atoms with Gasteiger partial charge < -0.3 is 15.1 Å². The Labute approximate surface area is 112 Å². The minimum atomic E-state index is -1.08. The molecule has 19 heavy (non-hydrogen) atoms. The molecular formula is C14H21NO4. The van der Waals surface area contributed by atoms with Crippen LogP contribution < -0.4 is 0 Å². The topological polar surface area (TPSA) is 77.8 Å². The van der Waals surface area contributed by atoms with Crippen LogP contribution in [0.1, 0.15) is 33.1 Å². The van der Waals surface area contributed by atoms with Crippen LogP contribution in [0.3, 0.4) is 0 Å². The number of piperidine rings is 1. The number of likely N-dealkylation sites (tertiary alicyclic amines) is 1. The second-order valence-electron chi connectivity index (χ2n) is 6.93. The SMILES string of the molecule is CC(C)(C1CC1)C(O)C(=O)N1C[C@H]2C[C@H]2[C@H]1C(=O)O. The number of hydrogen-bond acceptors (Lipinski definition) is 3. The van der Waals surface area contributed by atoms with E-state index in [1.807, 2.05) is 13.8 Å². The smallest absolute Gasteiger partial charge is 0.326 e. The quantitative estimate of drug-likeness (QED) is 0.786. The fraction of sp³-hybridized carbons (Fsp3) is 0.857. The Balaban J connectivity index is 1.74. The standard InChI is InChI=1S/C14H21NO4/c1-14(2,8-3-4-8)11(16)12(17)15-6-7-5-9(7)10(15)13(18)19/h7-11,16H,3-6H2,1-2H3,(H,18,19)/t7-,9-,10+,11?/m1/s1. The number of carbonyl (C=O) groups excluding carboxylic acids is 1. The van der Waals surface area contributed by atoms with Crippen LogP contribution >= 0.6 is 0 Å². The summed E-state index contributed by atoms with van der Waals surface area (Å²) in [7, 11) is 0. The summed E-state index contributed by atoms with van der Waals surface area (Å²) in [6.07, 6.45) is 1.91. The van der Waals surface area contributed by atoms with Crippen LogP contribution in [-0.4, -0.2) is 45.7 Å². The number of amides is 1. The predicted molar refractivity (Wildman–Crippen MR) is 67.2 cm³/mol. The first kappa shape index (κ1) is 12.9. The lowest BCUT2D eigenvalue weighted by Crippen LogP contribution is -2.52. The Hall–Kier alpha value is -1.10. The van der Waals surface area contributed by atoms with Gasteiger partial charge in [0, 0.05) is 12.0 Å². The van der Waals surface area contributed by atoms with E-state index in [1.54, 1.807) is 0 Å². The highest BCUT2D eigenvalue weighted by atomic mass is 16.4. The average Bonchev–Trinajstić information content (AvgIpc) is 3.24. The van der Waals surface area contributed by atoms with Gasteiger partial charge in [0.15, 0.2) is 0 Å². The van der Waals surface area contributed by atoms with Crippen LogP contribution in [0.4, 0.5) is 0 Å². The molecule has 0 spiro atoms. The van der Waals surface area contributed by atoms with E-state index in [4.69, 9.17) is 0 Å². The number of carbonyl (C=O) groups is 2. The van der Waals surface area contributed by atoms with Gasteiger partial charge in [0.2, 0.25) is 0 Å². The Morgan fingerprint density at radius 3 is 2.47 bits per heavy atom. The molecule has 1 unspecified atom stereocenters. The number of aliphatic hydroxyl groups is 1. The number of hydrogen-bond donors (Lipinski definition) is 2. The van der Waals surface area contributed by atoms with Crippen molar-refractivity contribution in [1.29, 1.82) is 0 Å². The van der Waals surface area contributed by atoms with Gasteiger partial charge in [0.05, 0.1) is 0 Å². The molecule has 1 heterocycles. The zero-order valence-corrected chi connectivity index (χ0v) is 11.4. The molecule has 0 aromatic rings. The van der Waals surface area contributed by atoms with Gasteiger partial charge in [-0.3, -0.25) is 4.79 Å². The van der Waals surface area contributed by atoms with Crippen molar-refractivity contribution in [3.8, 4) is 0 Å². The van der Waals surface area contributed by atoms with Gasteiger partial charge in [-0.25, -0.2) is 4.79 Å². The Kier molecular flexibility index (Phi) is 2.68. The van der Waals surface area contributed by atoms with E-state index < -0.39 is 29.4 Å². The summed E-state index contributed by atoms with van der Waals surface area (Å²) in [5.41, 5.74) is -0.451. The Morgan fingerprint density at radius 1 is 1.32 bits per heavy atom. The third-order valence-corrected chi connectivity index (χ3v) is 5.25. The molecule has 3 fully saturated rings. The predicted octanol–water partition coefficient (Wildman–Crippen LogP) is 0.715. The number of rotatable bonds is 4. The number of aliphatic hydroxyl groups excluding tert-OH is 1. The summed E-state index contributed by atoms with van der Waals surface area (Å²) < 4.78 is 0. The highest BCUT2D eigenvalue weighted by Gasteiger charge is 2.59. The van der Waals surface area contributed by atoms with E-state index in [0.29, 0.717) is 18.4 Å². The molecule has 0 bridgehead atoms. The zero-order valence-electron chi connectivity index (χ0n) is 11.4. The molecule has 0 aromatic heterocycles. The van der Waals surface area contributed by atoms with Crippen molar-refractivity contribution < 1.29 is 19.8 Å². The molecule has 0 aromatic carbocycles. The second kappa shape index (κ2) is 3.95. The van der Waals surface area contributed by atoms with E-state index in [-0.39, 0.29) is 5.92 Å². The van der Waals surface area contributed by atoms with Crippen molar-refractivity contribution >= 4 is 11.9 Å². The van der Waals surface area contributed by atoms with Crippen molar-refractivity contribution in [2.24, 2.45) is 23.2 Å². The summed E-state index contributed by atoms with van der Waals surface area (Å²) in [6, 6.07) is -0.720. The lowest BCUT2D eigenvalue weighted by Gasteiger charge is -2.34. The van der Waals surface area contributed by atoms with E-state index in [0.717, 1.165) is 19.3 Å². The Morgan fingerprint density at radius 2 is 1.95 bits per heavy atom. The number of carboxylic acid groups (broad SMARTS) is 1. The van der Waals surface area contributed by atoms with E-state index in [1.165, 1.54) is 4.90 Å². The summed E-state index contributed by atoms with van der Waals surface area (Å²) in [6.45, 7) is 4.30. The van der Waals surface area contributed by atoms with Crippen LogP contribution in [0.5, 0.6) is 0 Å². The number of carboxylic acids is 1. The Bertz CT molecular complexity index is 429. The van der Waals surface area contributed by atoms with Crippen LogP contribution in [0.25, 0.3) is 0 Å². The molecule has 1 amide bonds. The van der Waals surface area contributed by atoms with Crippen LogP contribution in [0.2, 0.25) is 0 Å². The minimum Gasteiger partial charge on any atom is -0.480 e. The fourth-order valence-corrected chi connectivity index (χ4v) is 3.53. The molecule has 3 aliphatic rings. The van der Waals surface area contributed by atoms with Gasteiger partial charge in [-0.1, -0.05) is 13.8 Å². The highest BCUT2D eigenvalue weighted by Crippen LogP contribution is 2.51. The maximum Gasteiger partial charge on any atom is 0.326 e.